The van der Waals surface area contributed by atoms with Crippen LogP contribution in [-0.2, 0) is 6.54 Å². The molecule has 5 rings (SSSR count). The van der Waals surface area contributed by atoms with Crippen LogP contribution in [0.3, 0.4) is 0 Å². The monoisotopic (exact) mass is 396 g/mol. The maximum atomic E-state index is 5.47. The second-order valence-electron chi connectivity index (χ2n) is 6.86. The molecule has 3 aromatic carbocycles. The number of nitrogens with one attached hydrogen (secondary N) is 2. The maximum Gasteiger partial charge on any atom is 0.231 e. The van der Waals surface area contributed by atoms with Gasteiger partial charge in [0, 0.05) is 29.9 Å². The topological polar surface area (TPSA) is 68.3 Å². The molecule has 0 spiro atoms. The van der Waals surface area contributed by atoms with E-state index in [0.717, 1.165) is 28.5 Å². The van der Waals surface area contributed by atoms with Crippen molar-refractivity contribution in [1.82, 2.24) is 9.97 Å². The summed E-state index contributed by atoms with van der Waals surface area (Å²) in [5.74, 6) is 2.70. The molecule has 2 N–H and O–H groups in total. The lowest BCUT2D eigenvalue weighted by Crippen LogP contribution is -2.05. The number of aromatic nitrogens is 2. The van der Waals surface area contributed by atoms with E-state index in [9.17, 15) is 0 Å². The van der Waals surface area contributed by atoms with E-state index in [1.165, 1.54) is 5.56 Å². The first-order chi connectivity index (χ1) is 14.8. The Bertz CT molecular complexity index is 1150. The van der Waals surface area contributed by atoms with Crippen molar-refractivity contribution in [2.24, 2.45) is 0 Å². The van der Waals surface area contributed by atoms with Crippen molar-refractivity contribution in [3.63, 3.8) is 0 Å². The fourth-order valence-electron chi connectivity index (χ4n) is 3.24. The summed E-state index contributed by atoms with van der Waals surface area (Å²) in [5, 5.41) is 6.69. The Hall–Kier alpha value is -4.06. The Morgan fingerprint density at radius 2 is 1.53 bits per heavy atom. The van der Waals surface area contributed by atoms with Gasteiger partial charge < -0.3 is 20.1 Å². The van der Waals surface area contributed by atoms with Crippen molar-refractivity contribution in [3.8, 4) is 22.8 Å². The number of benzene rings is 3. The van der Waals surface area contributed by atoms with Gasteiger partial charge in [0.05, 0.1) is 5.69 Å². The van der Waals surface area contributed by atoms with Gasteiger partial charge in [-0.05, 0) is 17.7 Å². The number of rotatable bonds is 6. The third-order valence-electron chi connectivity index (χ3n) is 4.74. The molecule has 0 fully saturated rings. The molecular weight excluding hydrogens is 376 g/mol. The number of anilines is 3. The van der Waals surface area contributed by atoms with Crippen LogP contribution in [-0.4, -0.2) is 16.8 Å². The van der Waals surface area contributed by atoms with Crippen molar-refractivity contribution in [2.45, 2.75) is 6.54 Å². The molecule has 4 aromatic rings. The Morgan fingerprint density at radius 1 is 0.767 bits per heavy atom. The van der Waals surface area contributed by atoms with E-state index in [4.69, 9.17) is 14.5 Å². The van der Waals surface area contributed by atoms with E-state index in [0.29, 0.717) is 18.2 Å². The van der Waals surface area contributed by atoms with Crippen molar-refractivity contribution in [3.05, 3.63) is 90.5 Å². The van der Waals surface area contributed by atoms with Crippen molar-refractivity contribution >= 4 is 17.5 Å². The Labute approximate surface area is 174 Å². The van der Waals surface area contributed by atoms with E-state index in [1.807, 2.05) is 72.8 Å². The zero-order chi connectivity index (χ0) is 20.2. The summed E-state index contributed by atoms with van der Waals surface area (Å²) in [6.07, 6.45) is 0. The molecule has 1 aromatic heterocycles. The van der Waals surface area contributed by atoms with Gasteiger partial charge in [-0.1, -0.05) is 60.7 Å². The van der Waals surface area contributed by atoms with E-state index in [1.54, 1.807) is 0 Å². The van der Waals surface area contributed by atoms with Gasteiger partial charge in [0.2, 0.25) is 12.7 Å². The molecule has 0 atom stereocenters. The molecule has 1 aliphatic heterocycles. The lowest BCUT2D eigenvalue weighted by atomic mass is 10.1. The quantitative estimate of drug-likeness (QED) is 0.465. The Balaban J connectivity index is 1.44. The summed E-state index contributed by atoms with van der Waals surface area (Å²) < 4.78 is 10.8. The lowest BCUT2D eigenvalue weighted by Gasteiger charge is -2.12. The van der Waals surface area contributed by atoms with E-state index in [-0.39, 0.29) is 6.79 Å². The van der Waals surface area contributed by atoms with E-state index < -0.39 is 0 Å². The molecule has 2 heterocycles. The van der Waals surface area contributed by atoms with Crippen LogP contribution >= 0.6 is 0 Å². The fraction of sp³-hybridized carbons (Fsp3) is 0.0833. The molecule has 0 radical (unpaired) electrons. The van der Waals surface area contributed by atoms with Gasteiger partial charge in [0.1, 0.15) is 5.82 Å². The first-order valence-electron chi connectivity index (χ1n) is 9.72. The first-order valence-corrected chi connectivity index (χ1v) is 9.72. The average Bonchev–Trinajstić information content (AvgIpc) is 3.27. The van der Waals surface area contributed by atoms with Gasteiger partial charge in [0.15, 0.2) is 11.5 Å². The molecule has 6 heteroatoms. The van der Waals surface area contributed by atoms with Crippen LogP contribution < -0.4 is 20.1 Å². The molecule has 1 aliphatic rings. The molecule has 148 valence electrons. The van der Waals surface area contributed by atoms with Gasteiger partial charge in [-0.2, -0.15) is 4.98 Å². The summed E-state index contributed by atoms with van der Waals surface area (Å²) in [6.45, 7) is 0.919. The van der Waals surface area contributed by atoms with Gasteiger partial charge in [0.25, 0.3) is 0 Å². The van der Waals surface area contributed by atoms with E-state index in [2.05, 4.69) is 27.8 Å². The third-order valence-corrected chi connectivity index (χ3v) is 4.74. The zero-order valence-electron chi connectivity index (χ0n) is 16.2. The number of hydrogen-bond acceptors (Lipinski definition) is 6. The van der Waals surface area contributed by atoms with Crippen LogP contribution in [0.25, 0.3) is 11.3 Å². The molecule has 30 heavy (non-hydrogen) atoms. The normalized spacial score (nSPS) is 11.9. The lowest BCUT2D eigenvalue weighted by molar-refractivity contribution is 0.174. The molecule has 6 nitrogen and oxygen atoms in total. The minimum atomic E-state index is 0.242. The predicted molar refractivity (Wildman–Crippen MR) is 117 cm³/mol. The maximum absolute atomic E-state index is 5.47. The number of fused-ring (bicyclic) bond motifs is 1. The van der Waals surface area contributed by atoms with Crippen LogP contribution in [0.4, 0.5) is 17.5 Å². The standard InChI is InChI=1S/C24H20N4O2/c1-3-7-17(8-4-1)15-25-23-14-20(18-9-5-2-6-10-18)27-24(28-23)26-19-11-12-21-22(13-19)30-16-29-21/h1-14H,15-16H2,(H2,25,26,27,28). The first kappa shape index (κ1) is 18.0. The summed E-state index contributed by atoms with van der Waals surface area (Å²) in [4.78, 5) is 9.37. The highest BCUT2D eigenvalue weighted by Crippen LogP contribution is 2.35. The van der Waals surface area contributed by atoms with Crippen LogP contribution in [0.15, 0.2) is 84.9 Å². The highest BCUT2D eigenvalue weighted by Gasteiger charge is 2.14. The van der Waals surface area contributed by atoms with Gasteiger partial charge in [-0.3, -0.25) is 0 Å². The predicted octanol–water partition coefficient (Wildman–Crippen LogP) is 5.23. The van der Waals surface area contributed by atoms with Crippen LogP contribution in [0, 0.1) is 0 Å². The number of hydrogen-bond donors (Lipinski definition) is 2. The van der Waals surface area contributed by atoms with Gasteiger partial charge >= 0.3 is 0 Å². The highest BCUT2D eigenvalue weighted by molar-refractivity contribution is 5.67. The minimum Gasteiger partial charge on any atom is -0.454 e. The second kappa shape index (κ2) is 8.13. The summed E-state index contributed by atoms with van der Waals surface area (Å²) >= 11 is 0. The second-order valence-corrected chi connectivity index (χ2v) is 6.86. The third kappa shape index (κ3) is 4.03. The molecule has 0 amide bonds. The largest absolute Gasteiger partial charge is 0.454 e. The number of ether oxygens (including phenoxy) is 2. The van der Waals surface area contributed by atoms with E-state index >= 15 is 0 Å². The Kier molecular flexibility index (Phi) is 4.88. The van der Waals surface area contributed by atoms with Crippen molar-refractivity contribution < 1.29 is 9.47 Å². The zero-order valence-corrected chi connectivity index (χ0v) is 16.2. The van der Waals surface area contributed by atoms with Crippen molar-refractivity contribution in [2.75, 3.05) is 17.4 Å². The summed E-state index contributed by atoms with van der Waals surface area (Å²) in [6, 6.07) is 27.9. The minimum absolute atomic E-state index is 0.242. The highest BCUT2D eigenvalue weighted by atomic mass is 16.7. The molecule has 0 saturated carbocycles. The van der Waals surface area contributed by atoms with Crippen LogP contribution in [0.1, 0.15) is 5.56 Å². The molecule has 0 aliphatic carbocycles. The average molecular weight is 396 g/mol. The fourth-order valence-corrected chi connectivity index (χ4v) is 3.24. The van der Waals surface area contributed by atoms with Crippen LogP contribution in [0.2, 0.25) is 0 Å². The smallest absolute Gasteiger partial charge is 0.231 e. The Morgan fingerprint density at radius 3 is 2.37 bits per heavy atom. The molecule has 0 saturated heterocycles. The van der Waals surface area contributed by atoms with Gasteiger partial charge in [-0.15, -0.1) is 0 Å². The summed E-state index contributed by atoms with van der Waals surface area (Å²) in [7, 11) is 0. The SMILES string of the molecule is c1ccc(CNc2cc(-c3ccccc3)nc(Nc3ccc4c(c3)OCO4)n2)cc1. The van der Waals surface area contributed by atoms with Crippen LogP contribution in [0.5, 0.6) is 11.5 Å². The summed E-state index contributed by atoms with van der Waals surface area (Å²) in [5.41, 5.74) is 3.88. The van der Waals surface area contributed by atoms with Gasteiger partial charge in [-0.25, -0.2) is 4.98 Å². The van der Waals surface area contributed by atoms with Crippen molar-refractivity contribution in [1.29, 1.82) is 0 Å². The molecule has 0 unspecified atom stereocenters. The molecule has 0 bridgehead atoms. The molecular formula is C24H20N4O2. The number of nitrogens with zero attached hydrogens (tertiary/aromatic N) is 2.